The Balaban J connectivity index is 1.50. The van der Waals surface area contributed by atoms with Crippen LogP contribution in [0, 0.1) is 0 Å². The molecule has 1 saturated heterocycles. The maximum Gasteiger partial charge on any atom is 0.387 e. The van der Waals surface area contributed by atoms with Gasteiger partial charge in [0.25, 0.3) is 5.91 Å². The molecule has 31 heavy (non-hydrogen) atoms. The number of hydrogen-bond donors (Lipinski definition) is 0. The normalized spacial score (nSPS) is 15.3. The zero-order chi connectivity index (χ0) is 22.2. The molecule has 0 spiro atoms. The number of rotatable bonds is 8. The van der Waals surface area contributed by atoms with Gasteiger partial charge in [-0.2, -0.15) is 8.78 Å². The standard InChI is InChI=1S/C22H25F2N3O4/c1-16(21(28)27-12-10-26(11-13-27)18-6-4-3-5-7-18)31-25-15-17-8-9-19(30-22(23)24)20(14-17)29-2/h3-9,14-16,22H,10-13H2,1-2H3/t16-/m0/s1. The minimum absolute atomic E-state index is 0.0752. The molecule has 0 aliphatic carbocycles. The largest absolute Gasteiger partial charge is 0.493 e. The number of benzene rings is 2. The van der Waals surface area contributed by atoms with E-state index in [1.54, 1.807) is 11.8 Å². The van der Waals surface area contributed by atoms with Gasteiger partial charge in [0, 0.05) is 37.4 Å². The van der Waals surface area contributed by atoms with Crippen LogP contribution in [0.4, 0.5) is 14.5 Å². The molecule has 1 aliphatic rings. The third kappa shape index (κ3) is 6.07. The fourth-order valence-corrected chi connectivity index (χ4v) is 3.27. The molecule has 0 N–H and O–H groups in total. The molecular weight excluding hydrogens is 408 g/mol. The maximum atomic E-state index is 12.6. The average molecular weight is 433 g/mol. The second-order valence-corrected chi connectivity index (χ2v) is 6.92. The van der Waals surface area contributed by atoms with Gasteiger partial charge in [-0.05, 0) is 37.3 Å². The van der Waals surface area contributed by atoms with Crippen LogP contribution in [0.25, 0.3) is 0 Å². The molecule has 1 amide bonds. The molecule has 7 nitrogen and oxygen atoms in total. The predicted molar refractivity (Wildman–Crippen MR) is 113 cm³/mol. The quantitative estimate of drug-likeness (QED) is 0.472. The van der Waals surface area contributed by atoms with Crippen LogP contribution >= 0.6 is 0 Å². The van der Waals surface area contributed by atoms with Gasteiger partial charge in [-0.25, -0.2) is 0 Å². The van der Waals surface area contributed by atoms with Gasteiger partial charge >= 0.3 is 6.61 Å². The minimum Gasteiger partial charge on any atom is -0.493 e. The fraction of sp³-hybridized carbons (Fsp3) is 0.364. The zero-order valence-electron chi connectivity index (χ0n) is 17.4. The van der Waals surface area contributed by atoms with Gasteiger partial charge in [0.15, 0.2) is 11.5 Å². The number of hydrogen-bond acceptors (Lipinski definition) is 6. The number of methoxy groups -OCH3 is 1. The molecule has 1 atom stereocenters. The number of carbonyl (C=O) groups excluding carboxylic acids is 1. The number of anilines is 1. The topological polar surface area (TPSA) is 63.6 Å². The van der Waals surface area contributed by atoms with E-state index in [4.69, 9.17) is 9.57 Å². The first-order valence-corrected chi connectivity index (χ1v) is 9.88. The number of para-hydroxylation sites is 1. The molecule has 0 radical (unpaired) electrons. The zero-order valence-corrected chi connectivity index (χ0v) is 17.4. The highest BCUT2D eigenvalue weighted by Crippen LogP contribution is 2.29. The molecule has 0 aromatic heterocycles. The highest BCUT2D eigenvalue weighted by atomic mass is 19.3. The SMILES string of the molecule is COc1cc(C=NO[C@@H](C)C(=O)N2CCN(c3ccccc3)CC2)ccc1OC(F)F. The maximum absolute atomic E-state index is 12.6. The Morgan fingerprint density at radius 2 is 1.77 bits per heavy atom. The van der Waals surface area contributed by atoms with Crippen LogP contribution in [0.1, 0.15) is 12.5 Å². The van der Waals surface area contributed by atoms with E-state index in [-0.39, 0.29) is 17.4 Å². The Bertz CT molecular complexity index is 888. The first-order valence-electron chi connectivity index (χ1n) is 9.88. The second kappa shape index (κ2) is 10.6. The Morgan fingerprint density at radius 3 is 2.42 bits per heavy atom. The van der Waals surface area contributed by atoms with Crippen molar-refractivity contribution in [2.75, 3.05) is 38.2 Å². The van der Waals surface area contributed by atoms with Gasteiger partial charge in [0.1, 0.15) is 0 Å². The lowest BCUT2D eigenvalue weighted by Gasteiger charge is -2.36. The summed E-state index contributed by atoms with van der Waals surface area (Å²) in [6.45, 7) is 1.40. The monoisotopic (exact) mass is 433 g/mol. The summed E-state index contributed by atoms with van der Waals surface area (Å²) < 4.78 is 34.2. The van der Waals surface area contributed by atoms with E-state index in [0.717, 1.165) is 18.8 Å². The predicted octanol–water partition coefficient (Wildman–Crippen LogP) is 3.38. The average Bonchev–Trinajstić information content (AvgIpc) is 2.79. The number of alkyl halides is 2. The van der Waals surface area contributed by atoms with E-state index in [1.807, 2.05) is 18.2 Å². The van der Waals surface area contributed by atoms with Crippen molar-refractivity contribution in [2.24, 2.45) is 5.16 Å². The van der Waals surface area contributed by atoms with Gasteiger partial charge < -0.3 is 24.1 Å². The lowest BCUT2D eigenvalue weighted by atomic mass is 10.2. The van der Waals surface area contributed by atoms with Crippen molar-refractivity contribution in [2.45, 2.75) is 19.6 Å². The van der Waals surface area contributed by atoms with Gasteiger partial charge in [-0.1, -0.05) is 23.4 Å². The van der Waals surface area contributed by atoms with Crippen molar-refractivity contribution < 1.29 is 27.9 Å². The van der Waals surface area contributed by atoms with Crippen molar-refractivity contribution in [1.82, 2.24) is 4.90 Å². The molecular formula is C22H25F2N3O4. The van der Waals surface area contributed by atoms with Crippen molar-refractivity contribution in [3.63, 3.8) is 0 Å². The Labute approximate surface area is 179 Å². The Morgan fingerprint density at radius 1 is 1.06 bits per heavy atom. The van der Waals surface area contributed by atoms with Crippen molar-refractivity contribution in [3.05, 3.63) is 54.1 Å². The van der Waals surface area contributed by atoms with Gasteiger partial charge in [-0.3, -0.25) is 4.79 Å². The lowest BCUT2D eigenvalue weighted by molar-refractivity contribution is -0.142. The summed E-state index contributed by atoms with van der Waals surface area (Å²) >= 11 is 0. The summed E-state index contributed by atoms with van der Waals surface area (Å²) in [6.07, 6.45) is 0.633. The van der Waals surface area contributed by atoms with E-state index < -0.39 is 12.7 Å². The van der Waals surface area contributed by atoms with Crippen LogP contribution in [0.5, 0.6) is 11.5 Å². The molecule has 1 fully saturated rings. The first kappa shape index (κ1) is 22.3. The molecule has 1 aliphatic heterocycles. The molecule has 0 unspecified atom stereocenters. The van der Waals surface area contributed by atoms with Gasteiger partial charge in [0.2, 0.25) is 6.10 Å². The third-order valence-electron chi connectivity index (χ3n) is 4.88. The number of carbonyl (C=O) groups is 1. The fourth-order valence-electron chi connectivity index (χ4n) is 3.27. The van der Waals surface area contributed by atoms with Crippen LogP contribution in [-0.4, -0.2) is 63.0 Å². The second-order valence-electron chi connectivity index (χ2n) is 6.92. The lowest BCUT2D eigenvalue weighted by Crippen LogP contribution is -2.51. The van der Waals surface area contributed by atoms with Crippen molar-refractivity contribution in [3.8, 4) is 11.5 Å². The van der Waals surface area contributed by atoms with Gasteiger partial charge in [0.05, 0.1) is 13.3 Å². The minimum atomic E-state index is -2.95. The summed E-state index contributed by atoms with van der Waals surface area (Å²) in [5.41, 5.74) is 1.69. The van der Waals surface area contributed by atoms with E-state index in [1.165, 1.54) is 31.5 Å². The van der Waals surface area contributed by atoms with Crippen LogP contribution in [0.2, 0.25) is 0 Å². The van der Waals surface area contributed by atoms with Crippen molar-refractivity contribution >= 4 is 17.8 Å². The molecule has 2 aromatic rings. The number of halogens is 2. The number of piperazine rings is 1. The molecule has 0 saturated carbocycles. The van der Waals surface area contributed by atoms with Crippen LogP contribution in [0.15, 0.2) is 53.7 Å². The molecule has 9 heteroatoms. The molecule has 1 heterocycles. The summed E-state index contributed by atoms with van der Waals surface area (Å²) in [4.78, 5) is 21.9. The van der Waals surface area contributed by atoms with Crippen molar-refractivity contribution in [1.29, 1.82) is 0 Å². The summed E-state index contributed by atoms with van der Waals surface area (Å²) in [6, 6.07) is 14.4. The Hall–Kier alpha value is -3.36. The summed E-state index contributed by atoms with van der Waals surface area (Å²) in [5.74, 6) is -0.0680. The highest BCUT2D eigenvalue weighted by Gasteiger charge is 2.26. The summed E-state index contributed by atoms with van der Waals surface area (Å²) in [7, 11) is 1.35. The van der Waals surface area contributed by atoms with E-state index in [2.05, 4.69) is 26.9 Å². The molecule has 2 aromatic carbocycles. The molecule has 166 valence electrons. The van der Waals surface area contributed by atoms with Gasteiger partial charge in [-0.15, -0.1) is 0 Å². The van der Waals surface area contributed by atoms with Crippen LogP contribution in [-0.2, 0) is 9.63 Å². The molecule has 3 rings (SSSR count). The molecule has 0 bridgehead atoms. The van der Waals surface area contributed by atoms with Crippen LogP contribution < -0.4 is 14.4 Å². The number of ether oxygens (including phenoxy) is 2. The Kier molecular flexibility index (Phi) is 7.64. The first-order chi connectivity index (χ1) is 15.0. The number of oxime groups is 1. The number of nitrogens with zero attached hydrogens (tertiary/aromatic N) is 3. The van der Waals surface area contributed by atoms with E-state index in [9.17, 15) is 13.6 Å². The smallest absolute Gasteiger partial charge is 0.387 e. The van der Waals surface area contributed by atoms with E-state index in [0.29, 0.717) is 18.7 Å². The third-order valence-corrected chi connectivity index (χ3v) is 4.88. The highest BCUT2D eigenvalue weighted by molar-refractivity contribution is 5.82. The van der Waals surface area contributed by atoms with E-state index >= 15 is 0 Å². The van der Waals surface area contributed by atoms with Crippen LogP contribution in [0.3, 0.4) is 0 Å². The number of amides is 1. The summed E-state index contributed by atoms with van der Waals surface area (Å²) in [5, 5.41) is 3.86.